The molecule has 0 aliphatic carbocycles. The molecule has 3 amide bonds. The molecule has 1 aromatic heterocycles. The number of para-hydroxylation sites is 1. The van der Waals surface area contributed by atoms with Gasteiger partial charge in [-0.2, -0.15) is 0 Å². The molecule has 0 fully saturated rings. The highest BCUT2D eigenvalue weighted by Crippen LogP contribution is 2.29. The molecule has 1 heterocycles. The van der Waals surface area contributed by atoms with Gasteiger partial charge in [0.1, 0.15) is 6.54 Å². The SMILES string of the molecule is CN(C)C(=O)Nc1cn(CC(=O)Nc2c(Cl)cccc2Cl)nn1. The molecule has 0 aliphatic heterocycles. The molecule has 0 unspecified atom stereocenters. The molecule has 2 N–H and O–H groups in total. The van der Waals surface area contributed by atoms with Gasteiger partial charge in [0, 0.05) is 14.1 Å². The van der Waals surface area contributed by atoms with Crippen LogP contribution in [0.4, 0.5) is 16.3 Å². The predicted octanol–water partition coefficient (Wildman–Crippen LogP) is 2.32. The summed E-state index contributed by atoms with van der Waals surface area (Å²) < 4.78 is 1.28. The van der Waals surface area contributed by atoms with Crippen molar-refractivity contribution in [2.24, 2.45) is 0 Å². The largest absolute Gasteiger partial charge is 0.331 e. The third kappa shape index (κ3) is 4.57. The number of nitrogens with one attached hydrogen (secondary N) is 2. The molecule has 8 nitrogen and oxygen atoms in total. The van der Waals surface area contributed by atoms with E-state index >= 15 is 0 Å². The second kappa shape index (κ2) is 7.30. The lowest BCUT2D eigenvalue weighted by molar-refractivity contribution is -0.116. The Balaban J connectivity index is 1.98. The highest BCUT2D eigenvalue weighted by molar-refractivity contribution is 6.39. The summed E-state index contributed by atoms with van der Waals surface area (Å²) in [4.78, 5) is 24.9. The number of halogens is 2. The van der Waals surface area contributed by atoms with E-state index in [0.29, 0.717) is 15.7 Å². The number of benzene rings is 1. The van der Waals surface area contributed by atoms with Crippen molar-refractivity contribution in [3.63, 3.8) is 0 Å². The lowest BCUT2D eigenvalue weighted by Gasteiger charge is -2.09. The molecular formula is C13H14Cl2N6O2. The van der Waals surface area contributed by atoms with Crippen molar-refractivity contribution in [1.82, 2.24) is 19.9 Å². The second-order valence-electron chi connectivity index (χ2n) is 4.77. The average molecular weight is 357 g/mol. The van der Waals surface area contributed by atoms with E-state index in [9.17, 15) is 9.59 Å². The van der Waals surface area contributed by atoms with Crippen LogP contribution in [0.1, 0.15) is 0 Å². The number of urea groups is 1. The third-order valence-corrected chi connectivity index (χ3v) is 3.34. The zero-order chi connectivity index (χ0) is 17.0. The van der Waals surface area contributed by atoms with E-state index in [2.05, 4.69) is 20.9 Å². The van der Waals surface area contributed by atoms with Crippen molar-refractivity contribution in [3.05, 3.63) is 34.4 Å². The first kappa shape index (κ1) is 17.0. The summed E-state index contributed by atoms with van der Waals surface area (Å²) in [5, 5.41) is 13.3. The number of carbonyl (C=O) groups is 2. The Kier molecular flexibility index (Phi) is 5.41. The van der Waals surface area contributed by atoms with Crippen LogP contribution < -0.4 is 10.6 Å². The summed E-state index contributed by atoms with van der Waals surface area (Å²) in [6.45, 7) is -0.105. The van der Waals surface area contributed by atoms with E-state index in [-0.39, 0.29) is 24.3 Å². The van der Waals surface area contributed by atoms with E-state index in [0.717, 1.165) is 0 Å². The normalized spacial score (nSPS) is 10.3. The van der Waals surface area contributed by atoms with Crippen molar-refractivity contribution in [3.8, 4) is 0 Å². The Morgan fingerprint density at radius 2 is 1.87 bits per heavy atom. The van der Waals surface area contributed by atoms with Gasteiger partial charge in [0.25, 0.3) is 0 Å². The van der Waals surface area contributed by atoms with Gasteiger partial charge < -0.3 is 10.2 Å². The first-order chi connectivity index (χ1) is 10.9. The zero-order valence-corrected chi connectivity index (χ0v) is 13.9. The number of amides is 3. The van der Waals surface area contributed by atoms with E-state index in [4.69, 9.17) is 23.2 Å². The highest BCUT2D eigenvalue weighted by Gasteiger charge is 2.12. The fourth-order valence-corrected chi connectivity index (χ4v) is 2.09. The summed E-state index contributed by atoms with van der Waals surface area (Å²) in [6.07, 6.45) is 1.44. The Bertz CT molecular complexity index is 711. The van der Waals surface area contributed by atoms with Gasteiger partial charge in [-0.05, 0) is 12.1 Å². The molecule has 23 heavy (non-hydrogen) atoms. The van der Waals surface area contributed by atoms with Gasteiger partial charge in [-0.25, -0.2) is 9.48 Å². The fraction of sp³-hybridized carbons (Fsp3) is 0.231. The second-order valence-corrected chi connectivity index (χ2v) is 5.59. The lowest BCUT2D eigenvalue weighted by atomic mass is 10.3. The molecule has 0 spiro atoms. The molecule has 0 radical (unpaired) electrons. The third-order valence-electron chi connectivity index (χ3n) is 2.71. The maximum absolute atomic E-state index is 12.0. The lowest BCUT2D eigenvalue weighted by Crippen LogP contribution is -2.27. The Morgan fingerprint density at radius 3 is 2.48 bits per heavy atom. The number of hydrogen-bond donors (Lipinski definition) is 2. The summed E-state index contributed by atoms with van der Waals surface area (Å²) in [5.74, 6) is -0.136. The summed E-state index contributed by atoms with van der Waals surface area (Å²) in [7, 11) is 3.20. The molecule has 10 heteroatoms. The predicted molar refractivity (Wildman–Crippen MR) is 87.8 cm³/mol. The zero-order valence-electron chi connectivity index (χ0n) is 12.4. The van der Waals surface area contributed by atoms with Crippen LogP contribution in [0.15, 0.2) is 24.4 Å². The summed E-state index contributed by atoms with van der Waals surface area (Å²) in [5.41, 5.74) is 0.335. The molecule has 0 atom stereocenters. The van der Waals surface area contributed by atoms with Gasteiger partial charge in [-0.15, -0.1) is 5.10 Å². The monoisotopic (exact) mass is 356 g/mol. The van der Waals surface area contributed by atoms with Crippen molar-refractivity contribution in [1.29, 1.82) is 0 Å². The van der Waals surface area contributed by atoms with Crippen molar-refractivity contribution < 1.29 is 9.59 Å². The minimum absolute atomic E-state index is 0.105. The maximum Gasteiger partial charge on any atom is 0.322 e. The minimum atomic E-state index is -0.379. The van der Waals surface area contributed by atoms with Crippen LogP contribution in [-0.2, 0) is 11.3 Å². The van der Waals surface area contributed by atoms with Gasteiger partial charge in [0.2, 0.25) is 5.91 Å². The topological polar surface area (TPSA) is 92.2 Å². The van der Waals surface area contributed by atoms with Crippen LogP contribution in [0.3, 0.4) is 0 Å². The number of carbonyl (C=O) groups excluding carboxylic acids is 2. The fourth-order valence-electron chi connectivity index (χ4n) is 1.60. The Morgan fingerprint density at radius 1 is 1.22 bits per heavy atom. The van der Waals surface area contributed by atoms with Crippen LogP contribution in [0, 0.1) is 0 Å². The molecular weight excluding hydrogens is 343 g/mol. The number of hydrogen-bond acceptors (Lipinski definition) is 4. The van der Waals surface area contributed by atoms with E-state index in [1.807, 2.05) is 0 Å². The molecule has 0 bridgehead atoms. The quantitative estimate of drug-likeness (QED) is 0.878. The van der Waals surface area contributed by atoms with Crippen LogP contribution in [0.25, 0.3) is 0 Å². The number of aromatic nitrogens is 3. The van der Waals surface area contributed by atoms with Gasteiger partial charge >= 0.3 is 6.03 Å². The van der Waals surface area contributed by atoms with E-state index < -0.39 is 0 Å². The average Bonchev–Trinajstić information content (AvgIpc) is 2.90. The summed E-state index contributed by atoms with van der Waals surface area (Å²) >= 11 is 12.0. The van der Waals surface area contributed by atoms with Gasteiger partial charge in [0.05, 0.1) is 21.9 Å². The number of rotatable bonds is 4. The molecule has 0 saturated carbocycles. The van der Waals surface area contributed by atoms with Crippen LogP contribution in [0.5, 0.6) is 0 Å². The Labute approximate surface area is 142 Å². The first-order valence-electron chi connectivity index (χ1n) is 6.49. The van der Waals surface area contributed by atoms with Gasteiger partial charge in [-0.3, -0.25) is 10.1 Å². The van der Waals surface area contributed by atoms with E-state index in [1.54, 1.807) is 32.3 Å². The number of anilines is 2. The highest BCUT2D eigenvalue weighted by atomic mass is 35.5. The standard InChI is InChI=1S/C13H14Cl2N6O2/c1-20(2)13(23)16-10-6-21(19-18-10)7-11(22)17-12-8(14)4-3-5-9(12)15/h3-6H,7H2,1-2H3,(H,16,23)(H,17,22). The van der Waals surface area contributed by atoms with Gasteiger partial charge in [-0.1, -0.05) is 34.5 Å². The smallest absolute Gasteiger partial charge is 0.322 e. The molecule has 2 aromatic rings. The van der Waals surface area contributed by atoms with Crippen molar-refractivity contribution in [2.75, 3.05) is 24.7 Å². The number of nitrogens with zero attached hydrogens (tertiary/aromatic N) is 4. The molecule has 2 rings (SSSR count). The first-order valence-corrected chi connectivity index (χ1v) is 7.24. The van der Waals surface area contributed by atoms with Crippen molar-refractivity contribution >= 4 is 46.6 Å². The minimum Gasteiger partial charge on any atom is -0.331 e. The van der Waals surface area contributed by atoms with Crippen LogP contribution >= 0.6 is 23.2 Å². The molecule has 122 valence electrons. The van der Waals surface area contributed by atoms with E-state index in [1.165, 1.54) is 15.8 Å². The molecule has 0 saturated heterocycles. The molecule has 1 aromatic carbocycles. The maximum atomic E-state index is 12.0. The van der Waals surface area contributed by atoms with Crippen LogP contribution in [-0.4, -0.2) is 45.9 Å². The van der Waals surface area contributed by atoms with Crippen molar-refractivity contribution in [2.45, 2.75) is 6.54 Å². The summed E-state index contributed by atoms with van der Waals surface area (Å²) in [6, 6.07) is 4.57. The van der Waals surface area contributed by atoms with Gasteiger partial charge in [0.15, 0.2) is 5.82 Å². The Hall–Kier alpha value is -2.32. The van der Waals surface area contributed by atoms with Crippen LogP contribution in [0.2, 0.25) is 10.0 Å². The molecule has 0 aliphatic rings.